The molecule has 2 rings (SSSR count). The molecule has 6 heteroatoms. The van der Waals surface area contributed by atoms with E-state index in [1.54, 1.807) is 6.07 Å². The highest BCUT2D eigenvalue weighted by Crippen LogP contribution is 2.25. The van der Waals surface area contributed by atoms with Crippen molar-refractivity contribution in [3.05, 3.63) is 11.9 Å². The number of aromatic nitrogens is 2. The van der Waals surface area contributed by atoms with Crippen molar-refractivity contribution in [2.24, 2.45) is 0 Å². The van der Waals surface area contributed by atoms with Crippen LogP contribution >= 0.6 is 0 Å². The summed E-state index contributed by atoms with van der Waals surface area (Å²) in [6.45, 7) is 9.44. The van der Waals surface area contributed by atoms with Gasteiger partial charge in [-0.1, -0.05) is 20.8 Å². The minimum absolute atomic E-state index is 0.00984. The van der Waals surface area contributed by atoms with Gasteiger partial charge in [-0.15, -0.1) is 0 Å². The van der Waals surface area contributed by atoms with E-state index in [0.717, 1.165) is 11.6 Å². The van der Waals surface area contributed by atoms with Crippen molar-refractivity contribution in [1.82, 2.24) is 9.97 Å². The summed E-state index contributed by atoms with van der Waals surface area (Å²) in [5.41, 5.74) is 5.76. The molecule has 0 aliphatic carbocycles. The molecule has 1 fully saturated rings. The number of hydrogen-bond acceptors (Lipinski definition) is 6. The third-order valence-electron chi connectivity index (χ3n) is 3.41. The third kappa shape index (κ3) is 3.19. The highest BCUT2D eigenvalue weighted by Gasteiger charge is 2.28. The van der Waals surface area contributed by atoms with E-state index in [0.29, 0.717) is 19.0 Å². The predicted molar refractivity (Wildman–Crippen MR) is 78.8 cm³/mol. The third-order valence-corrected chi connectivity index (χ3v) is 3.41. The topological polar surface area (TPSA) is 84.5 Å². The number of nitrogens with two attached hydrogens (primary N) is 1. The second-order valence-electron chi connectivity index (χ2n) is 6.36. The van der Waals surface area contributed by atoms with E-state index in [4.69, 9.17) is 10.5 Å². The average molecular weight is 280 g/mol. The Kier molecular flexibility index (Phi) is 4.15. The smallest absolute Gasteiger partial charge is 0.138 e. The van der Waals surface area contributed by atoms with Crippen molar-refractivity contribution in [2.75, 3.05) is 30.4 Å². The molecule has 3 N–H and O–H groups in total. The Morgan fingerprint density at radius 2 is 2.15 bits per heavy atom. The quantitative estimate of drug-likeness (QED) is 0.839. The summed E-state index contributed by atoms with van der Waals surface area (Å²) in [7, 11) is 0. The van der Waals surface area contributed by atoms with Gasteiger partial charge in [-0.05, 0) is 6.92 Å². The molecule has 0 radical (unpaired) electrons. The average Bonchev–Trinajstić information content (AvgIpc) is 2.37. The van der Waals surface area contributed by atoms with Crippen molar-refractivity contribution < 1.29 is 9.84 Å². The maximum Gasteiger partial charge on any atom is 0.138 e. The SMILES string of the molecule is CC1COC(CO)CN1c1cc(N)nc(C(C)(C)C)n1. The van der Waals surface area contributed by atoms with Crippen LogP contribution in [0, 0.1) is 0 Å². The van der Waals surface area contributed by atoms with Gasteiger partial charge in [0, 0.05) is 18.0 Å². The van der Waals surface area contributed by atoms with Gasteiger partial charge in [-0.25, -0.2) is 9.97 Å². The molecule has 1 aliphatic rings. The van der Waals surface area contributed by atoms with Crippen molar-refractivity contribution >= 4 is 11.6 Å². The van der Waals surface area contributed by atoms with Crippen LogP contribution in [-0.4, -0.2) is 47.0 Å². The number of morpholine rings is 1. The maximum absolute atomic E-state index is 9.27. The molecule has 1 aromatic rings. The standard InChI is InChI=1S/C14H24N4O2/c1-9-8-20-10(7-19)6-18(9)12-5-11(15)16-13(17-12)14(2,3)4/h5,9-10,19H,6-8H2,1-4H3,(H2,15,16,17). The van der Waals surface area contributed by atoms with E-state index in [2.05, 4.69) is 42.6 Å². The second-order valence-corrected chi connectivity index (χ2v) is 6.36. The minimum Gasteiger partial charge on any atom is -0.394 e. The van der Waals surface area contributed by atoms with Gasteiger partial charge in [0.1, 0.15) is 17.5 Å². The predicted octanol–water partition coefficient (Wildman–Crippen LogP) is 0.942. The minimum atomic E-state index is -0.180. The second kappa shape index (κ2) is 5.54. The Hall–Kier alpha value is -1.40. The van der Waals surface area contributed by atoms with Crippen molar-refractivity contribution in [2.45, 2.75) is 45.3 Å². The molecule has 112 valence electrons. The summed E-state index contributed by atoms with van der Waals surface area (Å²) in [5, 5.41) is 9.27. The Labute approximate surface area is 120 Å². The number of rotatable bonds is 2. The number of nitrogen functional groups attached to an aromatic ring is 1. The number of anilines is 2. The largest absolute Gasteiger partial charge is 0.394 e. The van der Waals surface area contributed by atoms with Crippen LogP contribution in [0.1, 0.15) is 33.5 Å². The van der Waals surface area contributed by atoms with Gasteiger partial charge in [0.25, 0.3) is 0 Å². The molecule has 0 bridgehead atoms. The molecule has 0 spiro atoms. The van der Waals surface area contributed by atoms with E-state index in [-0.39, 0.29) is 24.2 Å². The molecule has 2 unspecified atom stereocenters. The van der Waals surface area contributed by atoms with Crippen molar-refractivity contribution in [1.29, 1.82) is 0 Å². The molecular formula is C14H24N4O2. The molecule has 6 nitrogen and oxygen atoms in total. The van der Waals surface area contributed by atoms with Crippen LogP contribution in [-0.2, 0) is 10.2 Å². The fourth-order valence-electron chi connectivity index (χ4n) is 2.18. The van der Waals surface area contributed by atoms with Gasteiger partial charge in [0.05, 0.1) is 25.4 Å². The zero-order valence-corrected chi connectivity index (χ0v) is 12.6. The molecule has 0 amide bonds. The molecule has 0 aromatic carbocycles. The summed E-state index contributed by atoms with van der Waals surface area (Å²) in [6.07, 6.45) is -0.180. The summed E-state index contributed by atoms with van der Waals surface area (Å²) >= 11 is 0. The first-order chi connectivity index (χ1) is 9.31. The molecule has 1 aliphatic heterocycles. The van der Waals surface area contributed by atoms with Crippen LogP contribution in [0.5, 0.6) is 0 Å². The number of hydrogen-bond donors (Lipinski definition) is 2. The van der Waals surface area contributed by atoms with E-state index < -0.39 is 0 Å². The van der Waals surface area contributed by atoms with E-state index in [1.165, 1.54) is 0 Å². The zero-order chi connectivity index (χ0) is 14.9. The van der Waals surface area contributed by atoms with Crippen LogP contribution in [0.4, 0.5) is 11.6 Å². The van der Waals surface area contributed by atoms with Gasteiger partial charge < -0.3 is 20.5 Å². The van der Waals surface area contributed by atoms with Crippen LogP contribution in [0.3, 0.4) is 0 Å². The maximum atomic E-state index is 9.27. The fourth-order valence-corrected chi connectivity index (χ4v) is 2.18. The molecule has 1 saturated heterocycles. The van der Waals surface area contributed by atoms with Gasteiger partial charge >= 0.3 is 0 Å². The summed E-state index contributed by atoms with van der Waals surface area (Å²) in [5.74, 6) is 2.00. The lowest BCUT2D eigenvalue weighted by molar-refractivity contribution is -0.0106. The normalized spacial score (nSPS) is 23.9. The van der Waals surface area contributed by atoms with Crippen molar-refractivity contribution in [3.8, 4) is 0 Å². The lowest BCUT2D eigenvalue weighted by atomic mass is 9.95. The fraction of sp³-hybridized carbons (Fsp3) is 0.714. The Balaban J connectivity index is 2.33. The van der Waals surface area contributed by atoms with E-state index >= 15 is 0 Å². The van der Waals surface area contributed by atoms with Crippen molar-refractivity contribution in [3.63, 3.8) is 0 Å². The van der Waals surface area contributed by atoms with E-state index in [9.17, 15) is 5.11 Å². The van der Waals surface area contributed by atoms with Gasteiger partial charge in [0.2, 0.25) is 0 Å². The molecule has 1 aromatic heterocycles. The number of ether oxygens (including phenoxy) is 1. The lowest BCUT2D eigenvalue weighted by Crippen LogP contribution is -2.50. The van der Waals surface area contributed by atoms with Crippen LogP contribution in [0.25, 0.3) is 0 Å². The van der Waals surface area contributed by atoms with Crippen LogP contribution < -0.4 is 10.6 Å². The van der Waals surface area contributed by atoms with Gasteiger partial charge in [0.15, 0.2) is 0 Å². The molecule has 2 heterocycles. The number of aliphatic hydroxyl groups excluding tert-OH is 1. The van der Waals surface area contributed by atoms with E-state index in [1.807, 2.05) is 0 Å². The van der Waals surface area contributed by atoms with Crippen LogP contribution in [0.2, 0.25) is 0 Å². The first kappa shape index (κ1) is 15.0. The Morgan fingerprint density at radius 3 is 2.75 bits per heavy atom. The molecule has 2 atom stereocenters. The highest BCUT2D eigenvalue weighted by molar-refractivity contribution is 5.48. The molecular weight excluding hydrogens is 256 g/mol. The Bertz CT molecular complexity index is 473. The first-order valence-electron chi connectivity index (χ1n) is 6.95. The highest BCUT2D eigenvalue weighted by atomic mass is 16.5. The number of nitrogens with zero attached hydrogens (tertiary/aromatic N) is 3. The van der Waals surface area contributed by atoms with Gasteiger partial charge in [-0.3, -0.25) is 0 Å². The summed E-state index contributed by atoms with van der Waals surface area (Å²) in [6, 6.07) is 1.98. The zero-order valence-electron chi connectivity index (χ0n) is 12.6. The van der Waals surface area contributed by atoms with Gasteiger partial charge in [-0.2, -0.15) is 0 Å². The lowest BCUT2D eigenvalue weighted by Gasteiger charge is -2.38. The molecule has 0 saturated carbocycles. The monoisotopic (exact) mass is 280 g/mol. The van der Waals surface area contributed by atoms with Crippen LogP contribution in [0.15, 0.2) is 6.07 Å². The Morgan fingerprint density at radius 1 is 1.45 bits per heavy atom. The summed E-state index contributed by atoms with van der Waals surface area (Å²) in [4.78, 5) is 11.1. The number of aliphatic hydroxyl groups is 1. The summed E-state index contributed by atoms with van der Waals surface area (Å²) < 4.78 is 5.55. The first-order valence-corrected chi connectivity index (χ1v) is 6.95. The molecule has 20 heavy (non-hydrogen) atoms.